The van der Waals surface area contributed by atoms with Crippen molar-refractivity contribution in [3.8, 4) is 0 Å². The zero-order valence-corrected chi connectivity index (χ0v) is 9.85. The summed E-state index contributed by atoms with van der Waals surface area (Å²) in [5.74, 6) is 0.133. The summed E-state index contributed by atoms with van der Waals surface area (Å²) in [5.41, 5.74) is 0.969. The molecule has 0 aliphatic rings. The molecule has 0 fully saturated rings. The Kier molecular flexibility index (Phi) is 5.79. The molecule has 0 atom stereocenters. The van der Waals surface area contributed by atoms with Crippen LogP contribution in [0.3, 0.4) is 0 Å². The van der Waals surface area contributed by atoms with E-state index in [4.69, 9.17) is 5.11 Å². The second-order valence-corrected chi connectivity index (χ2v) is 3.84. The van der Waals surface area contributed by atoms with Gasteiger partial charge in [-0.15, -0.1) is 0 Å². The van der Waals surface area contributed by atoms with Gasteiger partial charge in [-0.2, -0.15) is 0 Å². The van der Waals surface area contributed by atoms with E-state index in [1.165, 1.54) is 0 Å². The summed E-state index contributed by atoms with van der Waals surface area (Å²) in [6.07, 6.45) is 4.00. The minimum atomic E-state index is 0.00202. The van der Waals surface area contributed by atoms with Gasteiger partial charge in [-0.3, -0.25) is 9.78 Å². The summed E-state index contributed by atoms with van der Waals surface area (Å²) < 4.78 is 0. The molecule has 1 rings (SSSR count). The maximum atomic E-state index is 11.4. The first-order chi connectivity index (χ1) is 8.18. The van der Waals surface area contributed by atoms with E-state index >= 15 is 0 Å². The topological polar surface area (TPSA) is 62.2 Å². The molecule has 4 nitrogen and oxygen atoms in total. The fourth-order valence-electron chi connectivity index (χ4n) is 1.42. The van der Waals surface area contributed by atoms with Crippen LogP contribution < -0.4 is 5.32 Å². The first-order valence-electron chi connectivity index (χ1n) is 5.72. The van der Waals surface area contributed by atoms with Crippen LogP contribution in [0.1, 0.15) is 25.0 Å². The largest absolute Gasteiger partial charge is 0.513 e. The molecule has 1 amide bonds. The number of hydrogen-bond acceptors (Lipinski definition) is 3. The third-order valence-electron chi connectivity index (χ3n) is 2.30. The number of nitrogens with zero attached hydrogens (tertiary/aromatic N) is 1. The zero-order chi connectivity index (χ0) is 12.5. The number of aromatic nitrogens is 1. The normalized spacial score (nSPS) is 9.88. The number of hydrogen-bond donors (Lipinski definition) is 2. The molecule has 0 aliphatic carbocycles. The van der Waals surface area contributed by atoms with Crippen LogP contribution in [0.15, 0.2) is 36.7 Å². The molecule has 0 saturated heterocycles. The van der Waals surface area contributed by atoms with Crippen LogP contribution in [0.5, 0.6) is 0 Å². The number of aliphatic hydroxyl groups is 1. The van der Waals surface area contributed by atoms with Gasteiger partial charge in [0.15, 0.2) is 0 Å². The van der Waals surface area contributed by atoms with Crippen LogP contribution in [0.2, 0.25) is 0 Å². The molecule has 4 heteroatoms. The van der Waals surface area contributed by atoms with E-state index in [1.807, 2.05) is 18.2 Å². The van der Waals surface area contributed by atoms with Gasteiger partial charge < -0.3 is 10.4 Å². The van der Waals surface area contributed by atoms with Gasteiger partial charge in [0.05, 0.1) is 5.76 Å². The number of carbonyl (C=O) groups excluding carboxylic acids is 1. The summed E-state index contributed by atoms with van der Waals surface area (Å²) in [6, 6.07) is 5.72. The van der Waals surface area contributed by atoms with Crippen molar-refractivity contribution >= 4 is 5.91 Å². The lowest BCUT2D eigenvalue weighted by Crippen LogP contribution is -2.25. The van der Waals surface area contributed by atoms with Crippen LogP contribution in [-0.4, -0.2) is 22.5 Å². The molecule has 0 aliphatic heterocycles. The Hall–Kier alpha value is -1.84. The second-order valence-electron chi connectivity index (χ2n) is 3.84. The van der Waals surface area contributed by atoms with E-state index in [-0.39, 0.29) is 11.7 Å². The molecule has 0 radical (unpaired) electrons. The highest BCUT2D eigenvalue weighted by molar-refractivity contribution is 5.75. The van der Waals surface area contributed by atoms with Gasteiger partial charge in [0, 0.05) is 37.7 Å². The van der Waals surface area contributed by atoms with Gasteiger partial charge in [0.2, 0.25) is 5.91 Å². The average Bonchev–Trinajstić information content (AvgIpc) is 2.30. The van der Waals surface area contributed by atoms with E-state index in [1.54, 1.807) is 6.20 Å². The van der Waals surface area contributed by atoms with Crippen molar-refractivity contribution in [3.63, 3.8) is 0 Å². The van der Waals surface area contributed by atoms with Gasteiger partial charge in [-0.1, -0.05) is 12.6 Å². The van der Waals surface area contributed by atoms with Crippen molar-refractivity contribution in [2.75, 3.05) is 6.54 Å². The SMILES string of the molecule is C=C(O)CCCC(=O)NCCc1ccccn1. The molecule has 0 aromatic carbocycles. The summed E-state index contributed by atoms with van der Waals surface area (Å²) in [6.45, 7) is 3.96. The van der Waals surface area contributed by atoms with Gasteiger partial charge in [-0.05, 0) is 18.6 Å². The van der Waals surface area contributed by atoms with E-state index < -0.39 is 0 Å². The van der Waals surface area contributed by atoms with Crippen molar-refractivity contribution in [1.29, 1.82) is 0 Å². The Morgan fingerprint density at radius 1 is 1.41 bits per heavy atom. The first-order valence-corrected chi connectivity index (χ1v) is 5.72. The third kappa shape index (κ3) is 6.35. The Morgan fingerprint density at radius 3 is 2.88 bits per heavy atom. The van der Waals surface area contributed by atoms with Crippen molar-refractivity contribution in [2.24, 2.45) is 0 Å². The smallest absolute Gasteiger partial charge is 0.220 e. The van der Waals surface area contributed by atoms with Crippen LogP contribution in [0.25, 0.3) is 0 Å². The van der Waals surface area contributed by atoms with Crippen LogP contribution in [0.4, 0.5) is 0 Å². The van der Waals surface area contributed by atoms with Crippen LogP contribution >= 0.6 is 0 Å². The van der Waals surface area contributed by atoms with Gasteiger partial charge in [0.25, 0.3) is 0 Å². The maximum absolute atomic E-state index is 11.4. The predicted molar refractivity (Wildman–Crippen MR) is 66.6 cm³/mol. The highest BCUT2D eigenvalue weighted by Gasteiger charge is 2.01. The predicted octanol–water partition coefficient (Wildman–Crippen LogP) is 1.98. The zero-order valence-electron chi connectivity index (χ0n) is 9.85. The Bertz CT molecular complexity index is 363. The van der Waals surface area contributed by atoms with Crippen molar-refractivity contribution in [3.05, 3.63) is 42.4 Å². The Labute approximate surface area is 101 Å². The molecule has 0 spiro atoms. The Morgan fingerprint density at radius 2 is 2.24 bits per heavy atom. The molecular weight excluding hydrogens is 216 g/mol. The number of pyridine rings is 1. The third-order valence-corrected chi connectivity index (χ3v) is 2.30. The molecule has 1 aromatic rings. The van der Waals surface area contributed by atoms with E-state index in [9.17, 15) is 4.79 Å². The molecule has 0 unspecified atom stereocenters. The molecule has 2 N–H and O–H groups in total. The fourth-order valence-corrected chi connectivity index (χ4v) is 1.42. The summed E-state index contributed by atoms with van der Waals surface area (Å²) in [7, 11) is 0. The lowest BCUT2D eigenvalue weighted by atomic mass is 10.2. The average molecular weight is 234 g/mol. The monoisotopic (exact) mass is 234 g/mol. The number of allylic oxidation sites excluding steroid dienone is 1. The van der Waals surface area contributed by atoms with Gasteiger partial charge in [-0.25, -0.2) is 0 Å². The summed E-state index contributed by atoms with van der Waals surface area (Å²) >= 11 is 0. The number of nitrogens with one attached hydrogen (secondary N) is 1. The van der Waals surface area contributed by atoms with Gasteiger partial charge >= 0.3 is 0 Å². The van der Waals surface area contributed by atoms with Crippen molar-refractivity contribution in [1.82, 2.24) is 10.3 Å². The van der Waals surface area contributed by atoms with Crippen LogP contribution in [-0.2, 0) is 11.2 Å². The fraction of sp³-hybridized carbons (Fsp3) is 0.385. The minimum Gasteiger partial charge on any atom is -0.513 e. The minimum absolute atomic E-state index is 0.00202. The molecule has 17 heavy (non-hydrogen) atoms. The van der Waals surface area contributed by atoms with Crippen molar-refractivity contribution in [2.45, 2.75) is 25.7 Å². The quantitative estimate of drug-likeness (QED) is 0.709. The molecule has 0 saturated carbocycles. The lowest BCUT2D eigenvalue weighted by molar-refractivity contribution is -0.121. The molecule has 92 valence electrons. The van der Waals surface area contributed by atoms with E-state index in [0.29, 0.717) is 25.8 Å². The molecular formula is C13H18N2O2. The van der Waals surface area contributed by atoms with E-state index in [2.05, 4.69) is 16.9 Å². The first kappa shape index (κ1) is 13.2. The standard InChI is InChI=1S/C13H18N2O2/c1-11(16)5-4-7-13(17)15-10-8-12-6-2-3-9-14-12/h2-3,6,9,16H,1,4-5,7-8,10H2,(H,15,17). The second kappa shape index (κ2) is 7.44. The highest BCUT2D eigenvalue weighted by Crippen LogP contribution is 2.01. The molecule has 1 aromatic heterocycles. The Balaban J connectivity index is 2.10. The number of aliphatic hydroxyl groups excluding tert-OH is 1. The summed E-state index contributed by atoms with van der Waals surface area (Å²) in [4.78, 5) is 15.5. The van der Waals surface area contributed by atoms with Crippen molar-refractivity contribution < 1.29 is 9.90 Å². The number of amides is 1. The molecule has 0 bridgehead atoms. The van der Waals surface area contributed by atoms with Gasteiger partial charge in [0.1, 0.15) is 0 Å². The van der Waals surface area contributed by atoms with Crippen LogP contribution in [0, 0.1) is 0 Å². The summed E-state index contributed by atoms with van der Waals surface area (Å²) in [5, 5.41) is 11.7. The number of rotatable bonds is 7. The molecule has 1 heterocycles. The number of carbonyl (C=O) groups is 1. The highest BCUT2D eigenvalue weighted by atomic mass is 16.3. The maximum Gasteiger partial charge on any atom is 0.220 e. The lowest BCUT2D eigenvalue weighted by Gasteiger charge is -2.04. The van der Waals surface area contributed by atoms with E-state index in [0.717, 1.165) is 12.1 Å².